The Morgan fingerprint density at radius 3 is 2.52 bits per heavy atom. The molecule has 25 heavy (non-hydrogen) atoms. The monoisotopic (exact) mass is 335 g/mol. The van der Waals surface area contributed by atoms with Crippen LogP contribution in [0.3, 0.4) is 0 Å². The number of pyridine rings is 1. The van der Waals surface area contributed by atoms with Gasteiger partial charge in [0.1, 0.15) is 0 Å². The molecule has 0 radical (unpaired) electrons. The van der Waals surface area contributed by atoms with Crippen molar-refractivity contribution in [2.45, 2.75) is 18.9 Å². The number of carbonyl (C=O) groups excluding carboxylic acids is 2. The van der Waals surface area contributed by atoms with Gasteiger partial charge in [-0.3, -0.25) is 14.6 Å². The largest absolute Gasteiger partial charge is 0.349 e. The van der Waals surface area contributed by atoms with Crippen LogP contribution in [-0.2, 0) is 4.79 Å². The highest BCUT2D eigenvalue weighted by Gasteiger charge is 2.23. The quantitative estimate of drug-likeness (QED) is 0.873. The average molecular weight is 335 g/mol. The Labute approximate surface area is 147 Å². The van der Waals surface area contributed by atoms with Gasteiger partial charge in [-0.25, -0.2) is 0 Å². The third kappa shape index (κ3) is 4.76. The van der Waals surface area contributed by atoms with Crippen molar-refractivity contribution in [1.29, 1.82) is 0 Å². The highest BCUT2D eigenvalue weighted by atomic mass is 16.2. The second-order valence-corrected chi connectivity index (χ2v) is 6.06. The van der Waals surface area contributed by atoms with Gasteiger partial charge in [0.2, 0.25) is 5.91 Å². The van der Waals surface area contributed by atoms with Crippen LogP contribution in [0.25, 0.3) is 6.08 Å². The summed E-state index contributed by atoms with van der Waals surface area (Å²) < 4.78 is 0. The first-order valence-electron chi connectivity index (χ1n) is 8.45. The Kier molecular flexibility index (Phi) is 5.57. The maximum Gasteiger partial charge on any atom is 0.253 e. The molecule has 1 saturated heterocycles. The van der Waals surface area contributed by atoms with Crippen LogP contribution >= 0.6 is 0 Å². The van der Waals surface area contributed by atoms with Gasteiger partial charge in [0.15, 0.2) is 0 Å². The maximum absolute atomic E-state index is 12.3. The molecule has 0 unspecified atom stereocenters. The molecule has 2 heterocycles. The Balaban J connectivity index is 1.47. The molecule has 1 N–H and O–H groups in total. The van der Waals surface area contributed by atoms with Crippen molar-refractivity contribution in [3.63, 3.8) is 0 Å². The van der Waals surface area contributed by atoms with Gasteiger partial charge in [0, 0.05) is 37.6 Å². The van der Waals surface area contributed by atoms with Crippen molar-refractivity contribution in [2.24, 2.45) is 0 Å². The third-order valence-electron chi connectivity index (χ3n) is 4.28. The van der Waals surface area contributed by atoms with Crippen molar-refractivity contribution in [1.82, 2.24) is 15.2 Å². The number of benzene rings is 1. The topological polar surface area (TPSA) is 62.3 Å². The zero-order chi connectivity index (χ0) is 17.5. The predicted octanol–water partition coefficient (Wildman–Crippen LogP) is 2.52. The van der Waals surface area contributed by atoms with E-state index in [0.717, 1.165) is 18.4 Å². The van der Waals surface area contributed by atoms with E-state index >= 15 is 0 Å². The predicted molar refractivity (Wildman–Crippen MR) is 96.8 cm³/mol. The van der Waals surface area contributed by atoms with Gasteiger partial charge in [-0.2, -0.15) is 0 Å². The standard InChI is InChI=1S/C20H21N3O2/c24-19(9-8-16-5-2-1-3-6-16)23-13-10-18(11-14-23)22-20(25)17-7-4-12-21-15-17/h1-9,12,15,18H,10-11,13-14H2,(H,22,25)/b9-8+. The summed E-state index contributed by atoms with van der Waals surface area (Å²) >= 11 is 0. The van der Waals surface area contributed by atoms with Crippen LogP contribution in [0.2, 0.25) is 0 Å². The van der Waals surface area contributed by atoms with Gasteiger partial charge in [-0.05, 0) is 36.6 Å². The molecule has 1 aromatic carbocycles. The highest BCUT2D eigenvalue weighted by molar-refractivity contribution is 5.94. The Morgan fingerprint density at radius 2 is 1.84 bits per heavy atom. The van der Waals surface area contributed by atoms with E-state index in [2.05, 4.69) is 10.3 Å². The lowest BCUT2D eigenvalue weighted by Gasteiger charge is -2.31. The van der Waals surface area contributed by atoms with E-state index in [1.54, 1.807) is 30.6 Å². The molecule has 0 bridgehead atoms. The van der Waals surface area contributed by atoms with Crippen LogP contribution in [0.1, 0.15) is 28.8 Å². The fraction of sp³-hybridized carbons (Fsp3) is 0.250. The minimum Gasteiger partial charge on any atom is -0.349 e. The first-order valence-corrected chi connectivity index (χ1v) is 8.45. The zero-order valence-corrected chi connectivity index (χ0v) is 14.0. The maximum atomic E-state index is 12.3. The van der Waals surface area contributed by atoms with Crippen molar-refractivity contribution >= 4 is 17.9 Å². The third-order valence-corrected chi connectivity index (χ3v) is 4.28. The minimum atomic E-state index is -0.109. The second kappa shape index (κ2) is 8.24. The number of rotatable bonds is 4. The molecule has 0 saturated carbocycles. The average Bonchev–Trinajstić information content (AvgIpc) is 2.68. The van der Waals surface area contributed by atoms with Crippen LogP contribution in [0.15, 0.2) is 60.9 Å². The first-order chi connectivity index (χ1) is 12.2. The van der Waals surface area contributed by atoms with E-state index in [9.17, 15) is 9.59 Å². The summed E-state index contributed by atoms with van der Waals surface area (Å²) in [6.45, 7) is 1.30. The van der Waals surface area contributed by atoms with Crippen LogP contribution < -0.4 is 5.32 Å². The molecule has 0 spiro atoms. The Hall–Kier alpha value is -2.95. The van der Waals surface area contributed by atoms with Gasteiger partial charge < -0.3 is 10.2 Å². The van der Waals surface area contributed by atoms with Crippen molar-refractivity contribution in [3.05, 3.63) is 72.1 Å². The van der Waals surface area contributed by atoms with Crippen molar-refractivity contribution in [2.75, 3.05) is 13.1 Å². The number of hydrogen-bond donors (Lipinski definition) is 1. The summed E-state index contributed by atoms with van der Waals surface area (Å²) in [5, 5.41) is 3.02. The van der Waals surface area contributed by atoms with E-state index < -0.39 is 0 Å². The van der Waals surface area contributed by atoms with E-state index in [0.29, 0.717) is 18.7 Å². The molecule has 1 aromatic heterocycles. The Bertz CT molecular complexity index is 736. The highest BCUT2D eigenvalue weighted by Crippen LogP contribution is 2.12. The number of carbonyl (C=O) groups is 2. The smallest absolute Gasteiger partial charge is 0.253 e. The van der Waals surface area contributed by atoms with Crippen LogP contribution in [0.5, 0.6) is 0 Å². The Morgan fingerprint density at radius 1 is 1.08 bits per heavy atom. The number of nitrogens with one attached hydrogen (secondary N) is 1. The lowest BCUT2D eigenvalue weighted by atomic mass is 10.0. The number of piperidine rings is 1. The lowest BCUT2D eigenvalue weighted by molar-refractivity contribution is -0.126. The lowest BCUT2D eigenvalue weighted by Crippen LogP contribution is -2.46. The van der Waals surface area contributed by atoms with E-state index in [-0.39, 0.29) is 17.9 Å². The van der Waals surface area contributed by atoms with Crippen molar-refractivity contribution in [3.8, 4) is 0 Å². The molecule has 0 atom stereocenters. The molecular weight excluding hydrogens is 314 g/mol. The summed E-state index contributed by atoms with van der Waals surface area (Å²) in [6.07, 6.45) is 8.17. The van der Waals surface area contributed by atoms with Gasteiger partial charge in [0.05, 0.1) is 5.56 Å². The first kappa shape index (κ1) is 16.9. The summed E-state index contributed by atoms with van der Waals surface area (Å²) in [7, 11) is 0. The van der Waals surface area contributed by atoms with E-state index in [1.807, 2.05) is 41.3 Å². The molecule has 0 aliphatic carbocycles. The molecule has 5 nitrogen and oxygen atoms in total. The van der Waals surface area contributed by atoms with Gasteiger partial charge in [-0.1, -0.05) is 30.3 Å². The minimum absolute atomic E-state index is 0.0147. The summed E-state index contributed by atoms with van der Waals surface area (Å²) in [4.78, 5) is 30.2. The van der Waals surface area contributed by atoms with Crippen LogP contribution in [0, 0.1) is 0 Å². The van der Waals surface area contributed by atoms with Crippen LogP contribution in [0.4, 0.5) is 0 Å². The normalized spacial score (nSPS) is 15.3. The molecule has 1 aliphatic heterocycles. The molecule has 2 aromatic rings. The van der Waals surface area contributed by atoms with Crippen LogP contribution in [-0.4, -0.2) is 40.8 Å². The number of hydrogen-bond acceptors (Lipinski definition) is 3. The molecule has 128 valence electrons. The fourth-order valence-electron chi connectivity index (χ4n) is 2.85. The number of likely N-dealkylation sites (tertiary alicyclic amines) is 1. The molecule has 1 fully saturated rings. The fourth-order valence-corrected chi connectivity index (χ4v) is 2.85. The molecule has 5 heteroatoms. The molecule has 3 rings (SSSR count). The number of amides is 2. The van der Waals surface area contributed by atoms with E-state index in [4.69, 9.17) is 0 Å². The van der Waals surface area contributed by atoms with Gasteiger partial charge >= 0.3 is 0 Å². The zero-order valence-electron chi connectivity index (χ0n) is 14.0. The number of nitrogens with zero attached hydrogens (tertiary/aromatic N) is 2. The van der Waals surface area contributed by atoms with E-state index in [1.165, 1.54) is 0 Å². The van der Waals surface area contributed by atoms with Gasteiger partial charge in [0.25, 0.3) is 5.91 Å². The number of aromatic nitrogens is 1. The van der Waals surface area contributed by atoms with Crippen molar-refractivity contribution < 1.29 is 9.59 Å². The van der Waals surface area contributed by atoms with Gasteiger partial charge in [-0.15, -0.1) is 0 Å². The molecule has 2 amide bonds. The summed E-state index contributed by atoms with van der Waals surface area (Å²) in [6, 6.07) is 13.3. The SMILES string of the molecule is O=C(NC1CCN(C(=O)/C=C/c2ccccc2)CC1)c1cccnc1. The molecular formula is C20H21N3O2. The molecule has 1 aliphatic rings. The summed E-state index contributed by atoms with van der Waals surface area (Å²) in [5.41, 5.74) is 1.57. The second-order valence-electron chi connectivity index (χ2n) is 6.06. The summed E-state index contributed by atoms with van der Waals surface area (Å²) in [5.74, 6) is -0.0947.